The van der Waals surface area contributed by atoms with Gasteiger partial charge in [0.15, 0.2) is 0 Å². The van der Waals surface area contributed by atoms with E-state index in [0.717, 1.165) is 11.1 Å². The maximum absolute atomic E-state index is 12.3. The van der Waals surface area contributed by atoms with E-state index in [1.54, 1.807) is 39.0 Å². The van der Waals surface area contributed by atoms with Crippen LogP contribution in [0, 0.1) is 12.3 Å². The lowest BCUT2D eigenvalue weighted by Gasteiger charge is -2.38. The third-order valence-electron chi connectivity index (χ3n) is 4.03. The number of phenols is 1. The van der Waals surface area contributed by atoms with Gasteiger partial charge in [0, 0.05) is 12.0 Å². The maximum Gasteiger partial charge on any atom is 0.407 e. The van der Waals surface area contributed by atoms with Gasteiger partial charge in [-0.2, -0.15) is 0 Å². The number of ether oxygens (including phenoxy) is 1. The van der Waals surface area contributed by atoms with Crippen LogP contribution in [-0.2, 0) is 9.53 Å². The molecule has 26 heavy (non-hydrogen) atoms. The molecule has 1 unspecified atom stereocenters. The summed E-state index contributed by atoms with van der Waals surface area (Å²) in [7, 11) is 0. The quantitative estimate of drug-likeness (QED) is 0.727. The van der Waals surface area contributed by atoms with E-state index in [1.807, 2.05) is 27.7 Å². The van der Waals surface area contributed by atoms with Crippen LogP contribution in [0.4, 0.5) is 4.79 Å². The Balaban J connectivity index is 3.33. The molecule has 0 saturated heterocycles. The number of rotatable bonds is 5. The highest BCUT2D eigenvalue weighted by atomic mass is 16.6. The van der Waals surface area contributed by atoms with Crippen LogP contribution in [0.2, 0.25) is 0 Å². The van der Waals surface area contributed by atoms with E-state index < -0.39 is 23.7 Å². The first-order valence-electron chi connectivity index (χ1n) is 8.71. The van der Waals surface area contributed by atoms with Gasteiger partial charge in [-0.1, -0.05) is 26.8 Å². The molecule has 0 radical (unpaired) electrons. The summed E-state index contributed by atoms with van der Waals surface area (Å²) in [5.41, 5.74) is 0.674. The first kappa shape index (κ1) is 21.8. The van der Waals surface area contributed by atoms with Crippen molar-refractivity contribution in [2.24, 2.45) is 5.41 Å². The number of nitrogens with one attached hydrogen (secondary N) is 1. The van der Waals surface area contributed by atoms with Crippen LogP contribution < -0.4 is 5.32 Å². The lowest BCUT2D eigenvalue weighted by Crippen LogP contribution is -2.46. The minimum atomic E-state index is -1.02. The highest BCUT2D eigenvalue weighted by Crippen LogP contribution is 2.41. The van der Waals surface area contributed by atoms with Crippen molar-refractivity contribution < 1.29 is 24.5 Å². The molecule has 1 aromatic carbocycles. The Hall–Kier alpha value is -2.24. The third-order valence-corrected chi connectivity index (χ3v) is 4.03. The number of amides is 1. The number of benzene rings is 1. The molecule has 0 heterocycles. The summed E-state index contributed by atoms with van der Waals surface area (Å²) in [5.74, 6) is -1.25. The van der Waals surface area contributed by atoms with Crippen LogP contribution >= 0.6 is 0 Å². The minimum absolute atomic E-state index is 0.103. The second-order valence-electron chi connectivity index (χ2n) is 8.74. The van der Waals surface area contributed by atoms with Crippen LogP contribution in [0.15, 0.2) is 18.2 Å². The van der Waals surface area contributed by atoms with Gasteiger partial charge < -0.3 is 20.3 Å². The number of carbonyl (C=O) groups excluding carboxylic acids is 1. The van der Waals surface area contributed by atoms with E-state index in [0.29, 0.717) is 0 Å². The number of hydrogen-bond donors (Lipinski definition) is 3. The summed E-state index contributed by atoms with van der Waals surface area (Å²) in [4.78, 5) is 23.7. The molecule has 1 aromatic rings. The second kappa shape index (κ2) is 7.98. The van der Waals surface area contributed by atoms with E-state index in [-0.39, 0.29) is 23.5 Å². The number of aliphatic carboxylic acids is 1. The normalized spacial score (nSPS) is 14.4. The van der Waals surface area contributed by atoms with Crippen molar-refractivity contribution in [1.29, 1.82) is 0 Å². The lowest BCUT2D eigenvalue weighted by atomic mass is 9.70. The van der Waals surface area contributed by atoms with E-state index >= 15 is 0 Å². The maximum atomic E-state index is 12.3. The average molecular weight is 365 g/mol. The molecule has 0 aliphatic heterocycles. The monoisotopic (exact) mass is 365 g/mol. The lowest BCUT2D eigenvalue weighted by molar-refractivity contribution is -0.137. The Morgan fingerprint density at radius 2 is 1.73 bits per heavy atom. The fraction of sp³-hybridized carbons (Fsp3) is 0.600. The number of alkyl carbamates (subject to hydrolysis) is 1. The predicted octanol–water partition coefficient (Wildman–Crippen LogP) is 4.20. The highest BCUT2D eigenvalue weighted by Gasteiger charge is 2.37. The van der Waals surface area contributed by atoms with Gasteiger partial charge in [0.1, 0.15) is 11.4 Å². The molecule has 0 fully saturated rings. The van der Waals surface area contributed by atoms with Gasteiger partial charge in [-0.15, -0.1) is 0 Å². The summed E-state index contributed by atoms with van der Waals surface area (Å²) >= 11 is 0. The molecule has 0 aliphatic rings. The van der Waals surface area contributed by atoms with E-state index in [1.165, 1.54) is 0 Å². The van der Waals surface area contributed by atoms with Crippen molar-refractivity contribution in [2.45, 2.75) is 72.4 Å². The Labute approximate surface area is 155 Å². The van der Waals surface area contributed by atoms with Crippen LogP contribution in [0.25, 0.3) is 0 Å². The smallest absolute Gasteiger partial charge is 0.407 e. The summed E-state index contributed by atoms with van der Waals surface area (Å²) in [5, 5.41) is 22.0. The van der Waals surface area contributed by atoms with Gasteiger partial charge in [-0.3, -0.25) is 4.79 Å². The summed E-state index contributed by atoms with van der Waals surface area (Å²) in [6, 6.07) is 4.32. The molecule has 1 rings (SSSR count). The summed E-state index contributed by atoms with van der Waals surface area (Å²) < 4.78 is 5.31. The molecule has 0 bridgehead atoms. The largest absolute Gasteiger partial charge is 0.508 e. The SMILES string of the molecule is Cc1ccc(O)cc1C([C@@H](CC(=O)O)NC(=O)OC(C)(C)C)C(C)(C)C. The van der Waals surface area contributed by atoms with Gasteiger partial charge in [-0.25, -0.2) is 4.79 Å². The molecule has 0 spiro atoms. The molecule has 2 atom stereocenters. The second-order valence-corrected chi connectivity index (χ2v) is 8.74. The Bertz CT molecular complexity index is 655. The van der Waals surface area contributed by atoms with Crippen LogP contribution in [0.5, 0.6) is 5.75 Å². The number of hydrogen-bond acceptors (Lipinski definition) is 4. The average Bonchev–Trinajstić information content (AvgIpc) is 2.38. The first-order chi connectivity index (χ1) is 11.7. The van der Waals surface area contributed by atoms with E-state index in [2.05, 4.69) is 5.32 Å². The zero-order valence-electron chi connectivity index (χ0n) is 16.7. The van der Waals surface area contributed by atoms with Gasteiger partial charge >= 0.3 is 12.1 Å². The molecule has 6 heteroatoms. The highest BCUT2D eigenvalue weighted by molar-refractivity contribution is 5.72. The summed E-state index contributed by atoms with van der Waals surface area (Å²) in [6.45, 7) is 13.1. The molecule has 0 aliphatic carbocycles. The molecule has 6 nitrogen and oxygen atoms in total. The van der Waals surface area contributed by atoms with Gasteiger partial charge in [0.05, 0.1) is 6.42 Å². The van der Waals surface area contributed by atoms with Gasteiger partial charge in [0.2, 0.25) is 0 Å². The van der Waals surface area contributed by atoms with Crippen molar-refractivity contribution in [1.82, 2.24) is 5.32 Å². The fourth-order valence-corrected chi connectivity index (χ4v) is 3.15. The fourth-order valence-electron chi connectivity index (χ4n) is 3.15. The number of carboxylic acids is 1. The Morgan fingerprint density at radius 3 is 2.19 bits per heavy atom. The number of aromatic hydroxyl groups is 1. The zero-order chi connectivity index (χ0) is 20.3. The molecule has 3 N–H and O–H groups in total. The van der Waals surface area contributed by atoms with Crippen molar-refractivity contribution in [3.05, 3.63) is 29.3 Å². The van der Waals surface area contributed by atoms with Crippen LogP contribution in [-0.4, -0.2) is 33.9 Å². The Kier molecular flexibility index (Phi) is 6.69. The van der Waals surface area contributed by atoms with Crippen LogP contribution in [0.3, 0.4) is 0 Å². The Morgan fingerprint density at radius 1 is 1.15 bits per heavy atom. The van der Waals surface area contributed by atoms with E-state index in [4.69, 9.17) is 4.74 Å². The van der Waals surface area contributed by atoms with Gasteiger partial charge in [-0.05, 0) is 56.4 Å². The molecule has 1 amide bonds. The van der Waals surface area contributed by atoms with Crippen molar-refractivity contribution in [3.8, 4) is 5.75 Å². The molecular weight excluding hydrogens is 334 g/mol. The standard InChI is InChI=1S/C20H31NO5/c1-12-8-9-13(22)10-14(12)17(19(2,3)4)15(11-16(23)24)21-18(25)26-20(5,6)7/h8-10,15,17,22H,11H2,1-7H3,(H,21,25)(H,23,24)/t15-,17?/m1/s1. The molecular formula is C20H31NO5. The van der Waals surface area contributed by atoms with Crippen molar-refractivity contribution in [2.75, 3.05) is 0 Å². The minimum Gasteiger partial charge on any atom is -0.508 e. The number of aryl methyl sites for hydroxylation is 1. The first-order valence-corrected chi connectivity index (χ1v) is 8.71. The number of phenolic OH excluding ortho intramolecular Hbond substituents is 1. The van der Waals surface area contributed by atoms with Gasteiger partial charge in [0.25, 0.3) is 0 Å². The number of carbonyl (C=O) groups is 2. The van der Waals surface area contributed by atoms with Crippen molar-refractivity contribution in [3.63, 3.8) is 0 Å². The molecule has 0 saturated carbocycles. The number of carboxylic acid groups (broad SMARTS) is 1. The summed E-state index contributed by atoms with van der Waals surface area (Å²) in [6.07, 6.45) is -0.910. The van der Waals surface area contributed by atoms with Crippen LogP contribution in [0.1, 0.15) is 65.0 Å². The zero-order valence-corrected chi connectivity index (χ0v) is 16.7. The third kappa shape index (κ3) is 6.58. The predicted molar refractivity (Wildman–Crippen MR) is 100 cm³/mol. The van der Waals surface area contributed by atoms with Crippen molar-refractivity contribution >= 4 is 12.1 Å². The van der Waals surface area contributed by atoms with E-state index in [9.17, 15) is 19.8 Å². The molecule has 146 valence electrons. The molecule has 0 aromatic heterocycles. The topological polar surface area (TPSA) is 95.9 Å².